The van der Waals surface area contributed by atoms with Crippen LogP contribution in [0.3, 0.4) is 0 Å². The molecule has 2 aromatic rings. The van der Waals surface area contributed by atoms with Gasteiger partial charge < -0.3 is 10.5 Å². The first-order chi connectivity index (χ1) is 8.11. The second-order valence-corrected chi connectivity index (χ2v) is 4.26. The quantitative estimate of drug-likeness (QED) is 0.796. The van der Waals surface area contributed by atoms with E-state index in [1.165, 1.54) is 16.7 Å². The van der Waals surface area contributed by atoms with Gasteiger partial charge in [-0.25, -0.2) is 0 Å². The fraction of sp³-hybridized carbons (Fsp3) is 0.200. The molecule has 0 unspecified atom stereocenters. The Morgan fingerprint density at radius 3 is 2.35 bits per heavy atom. The van der Waals surface area contributed by atoms with Crippen LogP contribution in [0.15, 0.2) is 36.4 Å². The molecule has 0 amide bonds. The lowest BCUT2D eigenvalue weighted by atomic mass is 9.98. The zero-order valence-corrected chi connectivity index (χ0v) is 10.4. The maximum Gasteiger partial charge on any atom is 0.121 e. The van der Waals surface area contributed by atoms with E-state index in [9.17, 15) is 0 Å². The average Bonchev–Trinajstić information content (AvgIpc) is 2.32. The fourth-order valence-corrected chi connectivity index (χ4v) is 2.00. The third-order valence-corrected chi connectivity index (χ3v) is 2.97. The normalized spacial score (nSPS) is 10.3. The van der Waals surface area contributed by atoms with Gasteiger partial charge in [-0.1, -0.05) is 12.1 Å². The highest BCUT2D eigenvalue weighted by Gasteiger charge is 2.05. The standard InChI is InChI=1S/C15H17NO/c1-10-4-6-13(16)9-14(10)12-5-7-15(17-3)11(2)8-12/h4-9H,16H2,1-3H3. The summed E-state index contributed by atoms with van der Waals surface area (Å²) < 4.78 is 5.27. The van der Waals surface area contributed by atoms with Crippen LogP contribution < -0.4 is 10.5 Å². The smallest absolute Gasteiger partial charge is 0.121 e. The molecule has 0 saturated carbocycles. The van der Waals surface area contributed by atoms with Gasteiger partial charge in [0.05, 0.1) is 7.11 Å². The van der Waals surface area contributed by atoms with Crippen molar-refractivity contribution < 1.29 is 4.74 Å². The molecular weight excluding hydrogens is 210 g/mol. The molecule has 0 atom stereocenters. The van der Waals surface area contributed by atoms with E-state index in [1.807, 2.05) is 31.2 Å². The van der Waals surface area contributed by atoms with Crippen molar-refractivity contribution in [3.63, 3.8) is 0 Å². The fourth-order valence-electron chi connectivity index (χ4n) is 2.00. The molecule has 0 heterocycles. The highest BCUT2D eigenvalue weighted by molar-refractivity contribution is 5.72. The molecule has 0 saturated heterocycles. The molecule has 2 rings (SSSR count). The highest BCUT2D eigenvalue weighted by Crippen LogP contribution is 2.29. The molecule has 88 valence electrons. The number of benzene rings is 2. The molecule has 2 nitrogen and oxygen atoms in total. The summed E-state index contributed by atoms with van der Waals surface area (Å²) in [5.74, 6) is 0.912. The minimum atomic E-state index is 0.791. The summed E-state index contributed by atoms with van der Waals surface area (Å²) in [4.78, 5) is 0. The second kappa shape index (κ2) is 4.50. The number of aryl methyl sites for hydroxylation is 2. The number of hydrogen-bond donors (Lipinski definition) is 1. The van der Waals surface area contributed by atoms with Gasteiger partial charge in [0.1, 0.15) is 5.75 Å². The van der Waals surface area contributed by atoms with Gasteiger partial charge in [0.2, 0.25) is 0 Å². The minimum absolute atomic E-state index is 0.791. The minimum Gasteiger partial charge on any atom is -0.496 e. The van der Waals surface area contributed by atoms with Gasteiger partial charge in [-0.15, -0.1) is 0 Å². The summed E-state index contributed by atoms with van der Waals surface area (Å²) in [5, 5.41) is 0. The molecule has 0 aliphatic carbocycles. The van der Waals surface area contributed by atoms with Crippen LogP contribution >= 0.6 is 0 Å². The Labute approximate surface area is 102 Å². The Balaban J connectivity index is 2.53. The predicted molar refractivity (Wildman–Crippen MR) is 72.3 cm³/mol. The lowest BCUT2D eigenvalue weighted by molar-refractivity contribution is 0.412. The van der Waals surface area contributed by atoms with Gasteiger partial charge in [-0.3, -0.25) is 0 Å². The van der Waals surface area contributed by atoms with E-state index in [0.29, 0.717) is 0 Å². The SMILES string of the molecule is COc1ccc(-c2cc(N)ccc2C)cc1C. The van der Waals surface area contributed by atoms with Gasteiger partial charge in [0.15, 0.2) is 0 Å². The van der Waals surface area contributed by atoms with Crippen molar-refractivity contribution in [3.8, 4) is 16.9 Å². The topological polar surface area (TPSA) is 35.2 Å². The van der Waals surface area contributed by atoms with Crippen molar-refractivity contribution in [3.05, 3.63) is 47.5 Å². The second-order valence-electron chi connectivity index (χ2n) is 4.26. The molecule has 0 radical (unpaired) electrons. The van der Waals surface area contributed by atoms with Crippen LogP contribution in [0, 0.1) is 13.8 Å². The van der Waals surface area contributed by atoms with E-state index in [2.05, 4.69) is 19.1 Å². The molecule has 0 aliphatic heterocycles. The Morgan fingerprint density at radius 2 is 1.71 bits per heavy atom. The number of methoxy groups -OCH3 is 1. The first-order valence-corrected chi connectivity index (χ1v) is 5.63. The van der Waals surface area contributed by atoms with Crippen LogP contribution in [0.25, 0.3) is 11.1 Å². The van der Waals surface area contributed by atoms with Crippen molar-refractivity contribution in [2.24, 2.45) is 0 Å². The largest absolute Gasteiger partial charge is 0.496 e. The van der Waals surface area contributed by atoms with Gasteiger partial charge in [-0.05, 0) is 60.4 Å². The van der Waals surface area contributed by atoms with Crippen LogP contribution in [0.4, 0.5) is 5.69 Å². The number of nitrogen functional groups attached to an aromatic ring is 1. The number of ether oxygens (including phenoxy) is 1. The van der Waals surface area contributed by atoms with Crippen LogP contribution in [-0.4, -0.2) is 7.11 Å². The number of anilines is 1. The molecule has 0 bridgehead atoms. The summed E-state index contributed by atoms with van der Waals surface area (Å²) in [6.07, 6.45) is 0. The van der Waals surface area contributed by atoms with Gasteiger partial charge >= 0.3 is 0 Å². The molecule has 0 aliphatic rings. The summed E-state index contributed by atoms with van der Waals surface area (Å²) in [5.41, 5.74) is 11.3. The molecular formula is C15H17NO. The molecule has 2 aromatic carbocycles. The van der Waals surface area contributed by atoms with Crippen molar-refractivity contribution in [1.29, 1.82) is 0 Å². The summed E-state index contributed by atoms with van der Waals surface area (Å²) in [6, 6.07) is 12.2. The van der Waals surface area contributed by atoms with Gasteiger partial charge in [-0.2, -0.15) is 0 Å². The molecule has 2 N–H and O–H groups in total. The third kappa shape index (κ3) is 2.26. The Bertz CT molecular complexity index is 547. The molecule has 0 aromatic heterocycles. The van der Waals surface area contributed by atoms with Gasteiger partial charge in [0, 0.05) is 5.69 Å². The van der Waals surface area contributed by atoms with Gasteiger partial charge in [0.25, 0.3) is 0 Å². The molecule has 0 fully saturated rings. The first kappa shape index (κ1) is 11.5. The van der Waals surface area contributed by atoms with Crippen molar-refractivity contribution in [2.75, 3.05) is 12.8 Å². The van der Waals surface area contributed by atoms with Crippen molar-refractivity contribution >= 4 is 5.69 Å². The van der Waals surface area contributed by atoms with E-state index in [-0.39, 0.29) is 0 Å². The number of rotatable bonds is 2. The number of hydrogen-bond acceptors (Lipinski definition) is 2. The summed E-state index contributed by atoms with van der Waals surface area (Å²) >= 11 is 0. The Kier molecular flexibility index (Phi) is 3.05. The van der Waals surface area contributed by atoms with E-state index in [0.717, 1.165) is 17.0 Å². The lowest BCUT2D eigenvalue weighted by Crippen LogP contribution is -1.91. The maximum absolute atomic E-state index is 5.83. The first-order valence-electron chi connectivity index (χ1n) is 5.63. The molecule has 2 heteroatoms. The van der Waals surface area contributed by atoms with E-state index < -0.39 is 0 Å². The average molecular weight is 227 g/mol. The van der Waals surface area contributed by atoms with Crippen molar-refractivity contribution in [2.45, 2.75) is 13.8 Å². The predicted octanol–water partition coefficient (Wildman–Crippen LogP) is 3.56. The number of nitrogens with two attached hydrogens (primary N) is 1. The maximum atomic E-state index is 5.83. The third-order valence-electron chi connectivity index (χ3n) is 2.97. The highest BCUT2D eigenvalue weighted by atomic mass is 16.5. The van der Waals surface area contributed by atoms with E-state index >= 15 is 0 Å². The van der Waals surface area contributed by atoms with E-state index in [4.69, 9.17) is 10.5 Å². The van der Waals surface area contributed by atoms with E-state index in [1.54, 1.807) is 7.11 Å². The van der Waals surface area contributed by atoms with Crippen molar-refractivity contribution in [1.82, 2.24) is 0 Å². The molecule has 17 heavy (non-hydrogen) atoms. The lowest BCUT2D eigenvalue weighted by Gasteiger charge is -2.10. The Morgan fingerprint density at radius 1 is 0.941 bits per heavy atom. The van der Waals surface area contributed by atoms with Crippen LogP contribution in [-0.2, 0) is 0 Å². The summed E-state index contributed by atoms with van der Waals surface area (Å²) in [6.45, 7) is 4.14. The van der Waals surface area contributed by atoms with Crippen LogP contribution in [0.1, 0.15) is 11.1 Å². The molecule has 0 spiro atoms. The van der Waals surface area contributed by atoms with Crippen LogP contribution in [0.2, 0.25) is 0 Å². The Hall–Kier alpha value is -1.96. The zero-order chi connectivity index (χ0) is 12.4. The zero-order valence-electron chi connectivity index (χ0n) is 10.4. The monoisotopic (exact) mass is 227 g/mol. The van der Waals surface area contributed by atoms with Crippen LogP contribution in [0.5, 0.6) is 5.75 Å². The summed E-state index contributed by atoms with van der Waals surface area (Å²) in [7, 11) is 1.69.